The summed E-state index contributed by atoms with van der Waals surface area (Å²) in [5, 5.41) is 31.8. The van der Waals surface area contributed by atoms with Gasteiger partial charge in [-0.3, -0.25) is 0 Å². The number of nitrogens with zero attached hydrogens (tertiary/aromatic N) is 4. The van der Waals surface area contributed by atoms with Crippen LogP contribution in [-0.4, -0.2) is 43.7 Å². The summed E-state index contributed by atoms with van der Waals surface area (Å²) in [5.74, 6) is 0.714. The molecule has 118 valence electrons. The maximum Gasteiger partial charge on any atom is 0.134 e. The van der Waals surface area contributed by atoms with Crippen molar-refractivity contribution in [1.29, 1.82) is 0 Å². The average molecular weight is 311 g/mol. The molecule has 0 bridgehead atoms. The van der Waals surface area contributed by atoms with Gasteiger partial charge in [0.2, 0.25) is 0 Å². The lowest BCUT2D eigenvalue weighted by atomic mass is 10.00. The molecule has 1 saturated heterocycles. The Hall–Kier alpha value is -2.51. The van der Waals surface area contributed by atoms with Crippen molar-refractivity contribution in [3.63, 3.8) is 0 Å². The first-order valence-electron chi connectivity index (χ1n) is 7.53. The number of fused-ring (bicyclic) bond motifs is 1. The number of aromatic amines is 1. The van der Waals surface area contributed by atoms with Crippen molar-refractivity contribution in [1.82, 2.24) is 20.4 Å². The van der Waals surface area contributed by atoms with E-state index >= 15 is 0 Å². The van der Waals surface area contributed by atoms with E-state index in [0.717, 1.165) is 16.5 Å². The summed E-state index contributed by atoms with van der Waals surface area (Å²) in [6.45, 7) is 0.922. The Morgan fingerprint density at radius 3 is 2.96 bits per heavy atom. The first-order valence-corrected chi connectivity index (χ1v) is 7.53. The number of β-amino-alcohol motifs (C(OH)–C–C–N with tert-alkyl or cyclic N) is 1. The lowest BCUT2D eigenvalue weighted by molar-refractivity contribution is 0.0559. The molecule has 3 aromatic rings. The number of aliphatic hydroxyl groups excluding tert-OH is 1. The molecule has 0 saturated carbocycles. The number of hydrogen-bond donors (Lipinski definition) is 3. The summed E-state index contributed by atoms with van der Waals surface area (Å²) in [5.41, 5.74) is 1.11. The van der Waals surface area contributed by atoms with Gasteiger partial charge in [0.1, 0.15) is 17.1 Å². The Balaban J connectivity index is 1.72. The van der Waals surface area contributed by atoms with Gasteiger partial charge in [-0.05, 0) is 12.1 Å². The maximum atomic E-state index is 10.8. The van der Waals surface area contributed by atoms with Gasteiger partial charge >= 0.3 is 0 Å². The molecule has 0 unspecified atom stereocenters. The number of aromatic nitrogens is 4. The van der Waals surface area contributed by atoms with Crippen molar-refractivity contribution in [2.45, 2.75) is 18.6 Å². The molecule has 2 aromatic heterocycles. The molecule has 7 nitrogen and oxygen atoms in total. The molecular weight excluding hydrogens is 294 g/mol. The van der Waals surface area contributed by atoms with Gasteiger partial charge in [-0.25, -0.2) is 4.98 Å². The van der Waals surface area contributed by atoms with Crippen LogP contribution in [0.5, 0.6) is 0 Å². The molecule has 0 amide bonds. The third-order valence-electron chi connectivity index (χ3n) is 4.39. The standard InChI is InChI=1S/C16H17N5O2/c22-9-12-7-11-3-1-2-4-13(11)18-15(12)21-6-5-16(23,10-21)14-8-17-20-19-14/h1-4,7-8,22-23H,5-6,9-10H2,(H,17,19,20)/t16-/m1/s1. The first kappa shape index (κ1) is 14.1. The highest BCUT2D eigenvalue weighted by molar-refractivity contribution is 5.81. The van der Waals surface area contributed by atoms with E-state index in [2.05, 4.69) is 20.4 Å². The molecule has 0 radical (unpaired) electrons. The molecule has 0 aliphatic carbocycles. The van der Waals surface area contributed by atoms with Gasteiger partial charge in [0.25, 0.3) is 0 Å². The fraction of sp³-hybridized carbons (Fsp3) is 0.312. The molecule has 1 aliphatic heterocycles. The monoisotopic (exact) mass is 311 g/mol. The summed E-state index contributed by atoms with van der Waals surface area (Å²) in [4.78, 5) is 6.68. The fourth-order valence-corrected chi connectivity index (χ4v) is 3.15. The van der Waals surface area contributed by atoms with Gasteiger partial charge in [-0.2, -0.15) is 15.4 Å². The molecule has 1 aromatic carbocycles. The molecule has 1 atom stereocenters. The Morgan fingerprint density at radius 2 is 2.17 bits per heavy atom. The van der Waals surface area contributed by atoms with Crippen LogP contribution >= 0.6 is 0 Å². The highest BCUT2D eigenvalue weighted by Gasteiger charge is 2.40. The normalized spacial score (nSPS) is 21.2. The van der Waals surface area contributed by atoms with Crippen LogP contribution in [0.15, 0.2) is 36.5 Å². The van der Waals surface area contributed by atoms with E-state index in [-0.39, 0.29) is 6.61 Å². The second-order valence-electron chi connectivity index (χ2n) is 5.88. The van der Waals surface area contributed by atoms with E-state index in [1.54, 1.807) is 6.20 Å². The second-order valence-corrected chi connectivity index (χ2v) is 5.88. The van der Waals surface area contributed by atoms with Crippen LogP contribution in [-0.2, 0) is 12.2 Å². The minimum atomic E-state index is -1.05. The van der Waals surface area contributed by atoms with Crippen molar-refractivity contribution in [3.05, 3.63) is 47.8 Å². The minimum absolute atomic E-state index is 0.0912. The summed E-state index contributed by atoms with van der Waals surface area (Å²) < 4.78 is 0. The van der Waals surface area contributed by atoms with Crippen LogP contribution in [0.3, 0.4) is 0 Å². The number of pyridine rings is 1. The Kier molecular flexibility index (Phi) is 3.24. The number of aliphatic hydroxyl groups is 2. The van der Waals surface area contributed by atoms with E-state index in [4.69, 9.17) is 0 Å². The van der Waals surface area contributed by atoms with Crippen LogP contribution in [0.25, 0.3) is 10.9 Å². The number of para-hydroxylation sites is 1. The third-order valence-corrected chi connectivity index (χ3v) is 4.39. The van der Waals surface area contributed by atoms with Crippen LogP contribution < -0.4 is 4.90 Å². The number of nitrogens with one attached hydrogen (secondary N) is 1. The number of anilines is 1. The van der Waals surface area contributed by atoms with Crippen molar-refractivity contribution in [3.8, 4) is 0 Å². The summed E-state index contributed by atoms with van der Waals surface area (Å²) in [7, 11) is 0. The van der Waals surface area contributed by atoms with Gasteiger partial charge in [-0.1, -0.05) is 18.2 Å². The van der Waals surface area contributed by atoms with E-state index in [1.165, 1.54) is 0 Å². The van der Waals surface area contributed by atoms with Crippen molar-refractivity contribution in [2.75, 3.05) is 18.0 Å². The molecule has 7 heteroatoms. The van der Waals surface area contributed by atoms with Gasteiger partial charge < -0.3 is 15.1 Å². The number of rotatable bonds is 3. The molecule has 3 N–H and O–H groups in total. The zero-order valence-corrected chi connectivity index (χ0v) is 12.5. The predicted molar refractivity (Wildman–Crippen MR) is 84.8 cm³/mol. The molecule has 4 rings (SSSR count). The average Bonchev–Trinajstić information content (AvgIpc) is 3.24. The van der Waals surface area contributed by atoms with Gasteiger partial charge in [0, 0.05) is 23.9 Å². The number of benzene rings is 1. The highest BCUT2D eigenvalue weighted by Crippen LogP contribution is 2.34. The molecule has 23 heavy (non-hydrogen) atoms. The summed E-state index contributed by atoms with van der Waals surface area (Å²) in [6.07, 6.45) is 2.09. The Labute approximate surface area is 132 Å². The van der Waals surface area contributed by atoms with E-state index in [0.29, 0.717) is 31.0 Å². The van der Waals surface area contributed by atoms with Gasteiger partial charge in [0.05, 0.1) is 24.9 Å². The zero-order chi connectivity index (χ0) is 15.9. The maximum absolute atomic E-state index is 10.8. The van der Waals surface area contributed by atoms with Crippen LogP contribution in [0, 0.1) is 0 Å². The lowest BCUT2D eigenvalue weighted by Gasteiger charge is -2.23. The number of hydrogen-bond acceptors (Lipinski definition) is 6. The van der Waals surface area contributed by atoms with Crippen molar-refractivity contribution in [2.24, 2.45) is 0 Å². The molecular formula is C16H17N5O2. The quantitative estimate of drug-likeness (QED) is 0.666. The topological polar surface area (TPSA) is 98.2 Å². The predicted octanol–water partition coefficient (Wildman–Crippen LogP) is 0.943. The van der Waals surface area contributed by atoms with Crippen LogP contribution in [0.4, 0.5) is 5.82 Å². The smallest absolute Gasteiger partial charge is 0.134 e. The van der Waals surface area contributed by atoms with Crippen LogP contribution in [0.2, 0.25) is 0 Å². The summed E-state index contributed by atoms with van der Waals surface area (Å²) >= 11 is 0. The third kappa shape index (κ3) is 2.34. The molecule has 0 spiro atoms. The fourth-order valence-electron chi connectivity index (χ4n) is 3.15. The van der Waals surface area contributed by atoms with Crippen molar-refractivity contribution >= 4 is 16.7 Å². The largest absolute Gasteiger partial charge is 0.392 e. The van der Waals surface area contributed by atoms with Gasteiger partial charge in [0.15, 0.2) is 0 Å². The second kappa shape index (κ2) is 5.29. The molecule has 1 fully saturated rings. The van der Waals surface area contributed by atoms with Crippen LogP contribution in [0.1, 0.15) is 17.7 Å². The Morgan fingerprint density at radius 1 is 1.30 bits per heavy atom. The molecule has 3 heterocycles. The van der Waals surface area contributed by atoms with E-state index < -0.39 is 5.60 Å². The van der Waals surface area contributed by atoms with E-state index in [9.17, 15) is 10.2 Å². The van der Waals surface area contributed by atoms with Gasteiger partial charge in [-0.15, -0.1) is 0 Å². The van der Waals surface area contributed by atoms with Crippen molar-refractivity contribution < 1.29 is 10.2 Å². The minimum Gasteiger partial charge on any atom is -0.392 e. The van der Waals surface area contributed by atoms with E-state index in [1.807, 2.05) is 35.2 Å². The number of H-pyrrole nitrogens is 1. The lowest BCUT2D eigenvalue weighted by Crippen LogP contribution is -2.32. The molecule has 1 aliphatic rings. The zero-order valence-electron chi connectivity index (χ0n) is 12.5. The SMILES string of the molecule is OCc1cc2ccccc2nc1N1CC[C@](O)(c2cn[nH]n2)C1. The Bertz CT molecular complexity index is 836. The first-order chi connectivity index (χ1) is 11.2. The highest BCUT2D eigenvalue weighted by atomic mass is 16.3. The summed E-state index contributed by atoms with van der Waals surface area (Å²) in [6, 6.07) is 9.75.